The van der Waals surface area contributed by atoms with Gasteiger partial charge in [0.05, 0.1) is 25.9 Å². The van der Waals surface area contributed by atoms with Crippen LogP contribution in [-0.4, -0.2) is 42.9 Å². The Labute approximate surface area is 109 Å². The fraction of sp³-hybridized carbons (Fsp3) is 0.714. The minimum absolute atomic E-state index is 0.0980. The van der Waals surface area contributed by atoms with Crippen molar-refractivity contribution in [3.05, 3.63) is 23.7 Å². The summed E-state index contributed by atoms with van der Waals surface area (Å²) in [6, 6.07) is 4.52. The van der Waals surface area contributed by atoms with E-state index >= 15 is 0 Å². The van der Waals surface area contributed by atoms with Gasteiger partial charge in [-0.2, -0.15) is 0 Å². The minimum Gasteiger partial charge on any atom is -0.465 e. The lowest BCUT2D eigenvalue weighted by molar-refractivity contribution is 0.0485. The molecule has 0 aliphatic carbocycles. The monoisotopic (exact) mass is 253 g/mol. The summed E-state index contributed by atoms with van der Waals surface area (Å²) in [7, 11) is 0. The maximum Gasteiger partial charge on any atom is 0.121 e. The van der Waals surface area contributed by atoms with Crippen LogP contribution < -0.4 is 0 Å². The highest BCUT2D eigenvalue weighted by atomic mass is 16.5. The molecule has 1 aliphatic rings. The first-order valence-corrected chi connectivity index (χ1v) is 6.80. The van der Waals surface area contributed by atoms with Crippen LogP contribution in [0.5, 0.6) is 0 Å². The molecule has 0 spiro atoms. The molecule has 1 saturated heterocycles. The molecule has 1 fully saturated rings. The van der Waals surface area contributed by atoms with E-state index < -0.39 is 0 Å². The number of nitrogens with zero attached hydrogens (tertiary/aromatic N) is 1. The molecule has 0 aromatic carbocycles. The van der Waals surface area contributed by atoms with E-state index in [4.69, 9.17) is 14.3 Å². The summed E-state index contributed by atoms with van der Waals surface area (Å²) in [5, 5.41) is 8.68. The molecular formula is C14H23NO3. The number of likely N-dealkylation sites (tertiary alicyclic amines) is 1. The van der Waals surface area contributed by atoms with Crippen molar-refractivity contribution in [2.24, 2.45) is 0 Å². The first-order chi connectivity index (χ1) is 8.81. The number of rotatable bonds is 6. The first-order valence-electron chi connectivity index (χ1n) is 6.80. The third-order valence-electron chi connectivity index (χ3n) is 3.46. The predicted molar refractivity (Wildman–Crippen MR) is 69.5 cm³/mol. The molecule has 18 heavy (non-hydrogen) atoms. The zero-order valence-electron chi connectivity index (χ0n) is 11.1. The molecule has 1 aromatic rings. The van der Waals surface area contributed by atoms with Gasteiger partial charge in [-0.3, -0.25) is 4.90 Å². The van der Waals surface area contributed by atoms with Gasteiger partial charge in [-0.15, -0.1) is 0 Å². The zero-order chi connectivity index (χ0) is 12.8. The number of furan rings is 1. The van der Waals surface area contributed by atoms with Crippen LogP contribution in [0.2, 0.25) is 0 Å². The number of aryl methyl sites for hydroxylation is 1. The highest BCUT2D eigenvalue weighted by Gasteiger charge is 2.25. The van der Waals surface area contributed by atoms with Crippen LogP contribution in [0.1, 0.15) is 36.8 Å². The van der Waals surface area contributed by atoms with Crippen molar-refractivity contribution in [3.8, 4) is 0 Å². The molecule has 1 unspecified atom stereocenters. The molecule has 1 N–H and O–H groups in total. The van der Waals surface area contributed by atoms with Crippen LogP contribution in [0.25, 0.3) is 0 Å². The van der Waals surface area contributed by atoms with Gasteiger partial charge in [0, 0.05) is 6.54 Å². The SMILES string of the molecule is Cc1ccc(C2CCCCN2CCOCCO)o1. The summed E-state index contributed by atoms with van der Waals surface area (Å²) in [5.41, 5.74) is 0. The normalized spacial score (nSPS) is 21.3. The number of aliphatic hydroxyl groups excluding tert-OH is 1. The predicted octanol–water partition coefficient (Wildman–Crippen LogP) is 2.12. The Morgan fingerprint density at radius 2 is 2.28 bits per heavy atom. The number of hydrogen-bond acceptors (Lipinski definition) is 4. The molecule has 1 atom stereocenters. The third kappa shape index (κ3) is 3.57. The van der Waals surface area contributed by atoms with Gasteiger partial charge in [-0.1, -0.05) is 6.42 Å². The van der Waals surface area contributed by atoms with Gasteiger partial charge >= 0.3 is 0 Å². The fourth-order valence-electron chi connectivity index (χ4n) is 2.56. The number of aliphatic hydroxyl groups is 1. The quantitative estimate of drug-likeness (QED) is 0.789. The third-order valence-corrected chi connectivity index (χ3v) is 3.46. The lowest BCUT2D eigenvalue weighted by atomic mass is 10.0. The van der Waals surface area contributed by atoms with Crippen LogP contribution in [0.15, 0.2) is 16.5 Å². The fourth-order valence-corrected chi connectivity index (χ4v) is 2.56. The van der Waals surface area contributed by atoms with Crippen molar-refractivity contribution in [1.82, 2.24) is 4.90 Å². The van der Waals surface area contributed by atoms with E-state index in [2.05, 4.69) is 11.0 Å². The van der Waals surface area contributed by atoms with Crippen LogP contribution in [0.4, 0.5) is 0 Å². The molecule has 0 bridgehead atoms. The van der Waals surface area contributed by atoms with Gasteiger partial charge in [-0.25, -0.2) is 0 Å². The van der Waals surface area contributed by atoms with E-state index in [-0.39, 0.29) is 6.61 Å². The average Bonchev–Trinajstić information content (AvgIpc) is 2.82. The van der Waals surface area contributed by atoms with E-state index in [0.717, 1.165) is 31.0 Å². The molecule has 0 amide bonds. The van der Waals surface area contributed by atoms with Gasteiger partial charge in [0.2, 0.25) is 0 Å². The second kappa shape index (κ2) is 6.92. The molecule has 102 valence electrons. The smallest absolute Gasteiger partial charge is 0.121 e. The van der Waals surface area contributed by atoms with E-state index in [1.54, 1.807) is 0 Å². The zero-order valence-corrected chi connectivity index (χ0v) is 11.1. The van der Waals surface area contributed by atoms with E-state index in [9.17, 15) is 0 Å². The summed E-state index contributed by atoms with van der Waals surface area (Å²) in [5.74, 6) is 2.06. The van der Waals surface area contributed by atoms with Crippen molar-refractivity contribution < 1.29 is 14.3 Å². The highest BCUT2D eigenvalue weighted by molar-refractivity contribution is 5.10. The molecular weight excluding hydrogens is 230 g/mol. The Bertz CT molecular complexity index is 351. The molecule has 0 radical (unpaired) electrons. The van der Waals surface area contributed by atoms with E-state index in [1.807, 2.05) is 13.0 Å². The van der Waals surface area contributed by atoms with E-state index in [1.165, 1.54) is 12.8 Å². The molecule has 0 saturated carbocycles. The van der Waals surface area contributed by atoms with Crippen LogP contribution in [-0.2, 0) is 4.74 Å². The number of ether oxygens (including phenoxy) is 1. The Hall–Kier alpha value is -0.840. The average molecular weight is 253 g/mol. The maximum atomic E-state index is 8.68. The van der Waals surface area contributed by atoms with Crippen molar-refractivity contribution in [1.29, 1.82) is 0 Å². The van der Waals surface area contributed by atoms with Crippen molar-refractivity contribution in [2.75, 3.05) is 32.9 Å². The van der Waals surface area contributed by atoms with Gasteiger partial charge in [0.1, 0.15) is 11.5 Å². The number of hydrogen-bond donors (Lipinski definition) is 1. The maximum absolute atomic E-state index is 8.68. The van der Waals surface area contributed by atoms with Crippen molar-refractivity contribution in [2.45, 2.75) is 32.2 Å². The molecule has 2 heterocycles. The van der Waals surface area contributed by atoms with E-state index in [0.29, 0.717) is 19.3 Å². The van der Waals surface area contributed by atoms with Gasteiger partial charge < -0.3 is 14.3 Å². The standard InChI is InChI=1S/C14H23NO3/c1-12-5-6-14(18-12)13-4-2-3-7-15(13)8-10-17-11-9-16/h5-6,13,16H,2-4,7-11H2,1H3. The molecule has 4 nitrogen and oxygen atoms in total. The summed E-state index contributed by atoms with van der Waals surface area (Å²) >= 11 is 0. The Balaban J connectivity index is 1.89. The van der Waals surface area contributed by atoms with Crippen molar-refractivity contribution in [3.63, 3.8) is 0 Å². The van der Waals surface area contributed by atoms with Gasteiger partial charge in [-0.05, 0) is 38.4 Å². The highest BCUT2D eigenvalue weighted by Crippen LogP contribution is 2.31. The largest absolute Gasteiger partial charge is 0.465 e. The lowest BCUT2D eigenvalue weighted by Gasteiger charge is -2.34. The topological polar surface area (TPSA) is 45.8 Å². The molecule has 2 rings (SSSR count). The Morgan fingerprint density at radius 1 is 1.39 bits per heavy atom. The Morgan fingerprint density at radius 3 is 3.00 bits per heavy atom. The first kappa shape index (κ1) is 13.6. The second-order valence-electron chi connectivity index (χ2n) is 4.83. The summed E-state index contributed by atoms with van der Waals surface area (Å²) < 4.78 is 11.1. The van der Waals surface area contributed by atoms with Crippen LogP contribution in [0.3, 0.4) is 0 Å². The van der Waals surface area contributed by atoms with Gasteiger partial charge in [0.25, 0.3) is 0 Å². The number of piperidine rings is 1. The molecule has 4 heteroatoms. The summed E-state index contributed by atoms with van der Waals surface area (Å²) in [6.45, 7) is 5.20. The van der Waals surface area contributed by atoms with Crippen LogP contribution in [0, 0.1) is 6.92 Å². The Kier molecular flexibility index (Phi) is 5.23. The lowest BCUT2D eigenvalue weighted by Crippen LogP contribution is -2.35. The minimum atomic E-state index is 0.0980. The molecule has 1 aliphatic heterocycles. The van der Waals surface area contributed by atoms with Crippen molar-refractivity contribution >= 4 is 0 Å². The molecule has 1 aromatic heterocycles. The van der Waals surface area contributed by atoms with Gasteiger partial charge in [0.15, 0.2) is 0 Å². The second-order valence-corrected chi connectivity index (χ2v) is 4.83. The summed E-state index contributed by atoms with van der Waals surface area (Å²) in [6.07, 6.45) is 3.67. The van der Waals surface area contributed by atoms with Crippen LogP contribution >= 0.6 is 0 Å². The summed E-state index contributed by atoms with van der Waals surface area (Å²) in [4.78, 5) is 2.43.